The van der Waals surface area contributed by atoms with E-state index in [1.807, 2.05) is 26.0 Å². The highest BCUT2D eigenvalue weighted by Gasteiger charge is 2.13. The Morgan fingerprint density at radius 1 is 1.21 bits per heavy atom. The minimum absolute atomic E-state index is 0.106. The lowest BCUT2D eigenvalue weighted by atomic mass is 10.1. The lowest BCUT2D eigenvalue weighted by molar-refractivity contribution is 0.0939. The van der Waals surface area contributed by atoms with Gasteiger partial charge in [-0.25, -0.2) is 0 Å². The number of carbonyl (C=O) groups excluding carboxylic acids is 1. The zero-order chi connectivity index (χ0) is 17.5. The first kappa shape index (κ1) is 18.1. The second-order valence-corrected chi connectivity index (χ2v) is 5.94. The molecule has 0 fully saturated rings. The second-order valence-electron chi connectivity index (χ2n) is 5.53. The Bertz CT molecular complexity index is 703. The fourth-order valence-electron chi connectivity index (χ4n) is 2.16. The first-order valence-electron chi connectivity index (χ1n) is 7.90. The van der Waals surface area contributed by atoms with Crippen molar-refractivity contribution in [3.63, 3.8) is 0 Å². The highest BCUT2D eigenvalue weighted by molar-refractivity contribution is 6.32. The first-order chi connectivity index (χ1) is 11.5. The number of para-hydroxylation sites is 1. The molecule has 24 heavy (non-hydrogen) atoms. The van der Waals surface area contributed by atoms with E-state index < -0.39 is 0 Å². The summed E-state index contributed by atoms with van der Waals surface area (Å²) in [5.41, 5.74) is 1.36. The van der Waals surface area contributed by atoms with Crippen LogP contribution in [0, 0.1) is 0 Å². The van der Waals surface area contributed by atoms with Crippen LogP contribution in [-0.2, 0) is 6.61 Å². The lowest BCUT2D eigenvalue weighted by Crippen LogP contribution is -2.31. The highest BCUT2D eigenvalue weighted by atomic mass is 35.5. The van der Waals surface area contributed by atoms with Crippen LogP contribution >= 0.6 is 11.6 Å². The van der Waals surface area contributed by atoms with Crippen molar-refractivity contribution < 1.29 is 14.3 Å². The quantitative estimate of drug-likeness (QED) is 0.804. The number of nitrogens with one attached hydrogen (secondary N) is 1. The van der Waals surface area contributed by atoms with Gasteiger partial charge in [-0.3, -0.25) is 4.79 Å². The molecular weight excluding hydrogens is 326 g/mol. The summed E-state index contributed by atoms with van der Waals surface area (Å²) >= 11 is 6.10. The molecule has 1 N–H and O–H groups in total. The van der Waals surface area contributed by atoms with E-state index in [1.54, 1.807) is 37.4 Å². The molecule has 0 aromatic heterocycles. The van der Waals surface area contributed by atoms with Gasteiger partial charge in [-0.2, -0.15) is 0 Å². The number of hydrogen-bond donors (Lipinski definition) is 1. The van der Waals surface area contributed by atoms with Gasteiger partial charge in [0.2, 0.25) is 0 Å². The average Bonchev–Trinajstić information content (AvgIpc) is 2.60. The van der Waals surface area contributed by atoms with Gasteiger partial charge < -0.3 is 14.8 Å². The van der Waals surface area contributed by atoms with Crippen molar-refractivity contribution in [1.82, 2.24) is 5.32 Å². The molecule has 0 unspecified atom stereocenters. The van der Waals surface area contributed by atoms with Crippen LogP contribution in [0.2, 0.25) is 5.02 Å². The zero-order valence-electron chi connectivity index (χ0n) is 14.1. The molecule has 0 saturated heterocycles. The van der Waals surface area contributed by atoms with Crippen LogP contribution in [0.1, 0.15) is 36.2 Å². The van der Waals surface area contributed by atoms with E-state index in [4.69, 9.17) is 21.1 Å². The van der Waals surface area contributed by atoms with Gasteiger partial charge in [0.05, 0.1) is 12.1 Å². The first-order valence-corrected chi connectivity index (χ1v) is 8.28. The highest BCUT2D eigenvalue weighted by Crippen LogP contribution is 2.26. The monoisotopic (exact) mass is 347 g/mol. The minimum atomic E-state index is -0.106. The summed E-state index contributed by atoms with van der Waals surface area (Å²) in [6, 6.07) is 12.7. The van der Waals surface area contributed by atoms with Gasteiger partial charge in [0.15, 0.2) is 0 Å². The third-order valence-corrected chi connectivity index (χ3v) is 4.06. The van der Waals surface area contributed by atoms with Crippen molar-refractivity contribution in [3.05, 3.63) is 58.6 Å². The molecular formula is C19H22ClNO3. The number of rotatable bonds is 7. The normalized spacial score (nSPS) is 11.7. The van der Waals surface area contributed by atoms with Gasteiger partial charge in [0.1, 0.15) is 18.1 Å². The van der Waals surface area contributed by atoms with Crippen LogP contribution in [-0.4, -0.2) is 19.1 Å². The van der Waals surface area contributed by atoms with Gasteiger partial charge in [-0.05, 0) is 43.7 Å². The Morgan fingerprint density at radius 3 is 2.62 bits per heavy atom. The largest absolute Gasteiger partial charge is 0.496 e. The van der Waals surface area contributed by atoms with E-state index in [2.05, 4.69) is 5.32 Å². The van der Waals surface area contributed by atoms with E-state index in [0.717, 1.165) is 12.0 Å². The summed E-state index contributed by atoms with van der Waals surface area (Å²) in [6.07, 6.45) is 0.879. The van der Waals surface area contributed by atoms with Crippen molar-refractivity contribution in [2.24, 2.45) is 0 Å². The molecule has 0 aliphatic carbocycles. The van der Waals surface area contributed by atoms with E-state index in [1.165, 1.54) is 0 Å². The summed E-state index contributed by atoms with van der Waals surface area (Å²) in [5.74, 6) is 1.16. The molecule has 0 aliphatic rings. The van der Waals surface area contributed by atoms with Crippen molar-refractivity contribution >= 4 is 17.5 Å². The summed E-state index contributed by atoms with van der Waals surface area (Å²) in [6.45, 7) is 4.27. The summed E-state index contributed by atoms with van der Waals surface area (Å²) in [5, 5.41) is 3.50. The van der Waals surface area contributed by atoms with Crippen LogP contribution < -0.4 is 14.8 Å². The lowest BCUT2D eigenvalue weighted by Gasteiger charge is -2.14. The number of hydrogen-bond acceptors (Lipinski definition) is 3. The van der Waals surface area contributed by atoms with Crippen LogP contribution in [0.15, 0.2) is 42.5 Å². The van der Waals surface area contributed by atoms with Crippen LogP contribution in [0.25, 0.3) is 0 Å². The topological polar surface area (TPSA) is 47.6 Å². The number of halogens is 1. The molecule has 1 atom stereocenters. The predicted molar refractivity (Wildman–Crippen MR) is 96.0 cm³/mol. The number of carbonyl (C=O) groups is 1. The molecule has 128 valence electrons. The van der Waals surface area contributed by atoms with Crippen LogP contribution in [0.5, 0.6) is 11.5 Å². The molecule has 2 rings (SSSR count). The second kappa shape index (κ2) is 8.60. The van der Waals surface area contributed by atoms with E-state index in [0.29, 0.717) is 22.1 Å². The predicted octanol–water partition coefficient (Wildman–Crippen LogP) is 4.46. The molecule has 2 aromatic carbocycles. The number of benzene rings is 2. The number of methoxy groups -OCH3 is 1. The van der Waals surface area contributed by atoms with Crippen molar-refractivity contribution in [1.29, 1.82) is 0 Å². The van der Waals surface area contributed by atoms with Crippen LogP contribution in [0.3, 0.4) is 0 Å². The standard InChI is InChI=1S/C19H22ClNO3/c1-4-13(2)21-19(22)14-9-10-17(23-3)15(11-14)12-24-18-8-6-5-7-16(18)20/h5-11,13H,4,12H2,1-3H3,(H,21,22)/t13-/m1/s1. The molecule has 0 spiro atoms. The Hall–Kier alpha value is -2.20. The Kier molecular flexibility index (Phi) is 6.50. The zero-order valence-corrected chi connectivity index (χ0v) is 14.9. The maximum absolute atomic E-state index is 12.3. The van der Waals surface area contributed by atoms with Gasteiger partial charge >= 0.3 is 0 Å². The molecule has 5 heteroatoms. The molecule has 1 amide bonds. The Balaban J connectivity index is 2.17. The maximum atomic E-state index is 12.3. The molecule has 4 nitrogen and oxygen atoms in total. The maximum Gasteiger partial charge on any atom is 0.251 e. The van der Waals surface area contributed by atoms with Crippen molar-refractivity contribution in [2.75, 3.05) is 7.11 Å². The summed E-state index contributed by atoms with van der Waals surface area (Å²) in [7, 11) is 1.59. The fourth-order valence-corrected chi connectivity index (χ4v) is 2.35. The Morgan fingerprint density at radius 2 is 1.96 bits per heavy atom. The summed E-state index contributed by atoms with van der Waals surface area (Å²) < 4.78 is 11.1. The van der Waals surface area contributed by atoms with E-state index >= 15 is 0 Å². The molecule has 0 saturated carbocycles. The van der Waals surface area contributed by atoms with Gasteiger partial charge in [-0.1, -0.05) is 30.7 Å². The van der Waals surface area contributed by atoms with Gasteiger partial charge in [0, 0.05) is 17.2 Å². The summed E-state index contributed by atoms with van der Waals surface area (Å²) in [4.78, 5) is 12.3. The third-order valence-electron chi connectivity index (χ3n) is 3.75. The Labute approximate surface area is 147 Å². The van der Waals surface area contributed by atoms with Crippen molar-refractivity contribution in [2.45, 2.75) is 32.9 Å². The van der Waals surface area contributed by atoms with Crippen LogP contribution in [0.4, 0.5) is 0 Å². The fraction of sp³-hybridized carbons (Fsp3) is 0.316. The number of ether oxygens (including phenoxy) is 2. The molecule has 0 heterocycles. The van der Waals surface area contributed by atoms with E-state index in [9.17, 15) is 4.79 Å². The molecule has 2 aromatic rings. The molecule has 0 radical (unpaired) electrons. The van der Waals surface area contributed by atoms with Gasteiger partial charge in [0.25, 0.3) is 5.91 Å². The van der Waals surface area contributed by atoms with Gasteiger partial charge in [-0.15, -0.1) is 0 Å². The molecule has 0 aliphatic heterocycles. The van der Waals surface area contributed by atoms with Crippen molar-refractivity contribution in [3.8, 4) is 11.5 Å². The molecule has 0 bridgehead atoms. The minimum Gasteiger partial charge on any atom is -0.496 e. The smallest absolute Gasteiger partial charge is 0.251 e. The number of amides is 1. The third kappa shape index (κ3) is 4.65. The SMILES string of the molecule is CC[C@@H](C)NC(=O)c1ccc(OC)c(COc2ccccc2Cl)c1. The van der Waals surface area contributed by atoms with E-state index in [-0.39, 0.29) is 18.6 Å². The average molecular weight is 348 g/mol.